The molecule has 1 saturated heterocycles. The number of amides is 3. The number of nitro benzene ring substituents is 1. The number of thiophene rings is 1. The lowest BCUT2D eigenvalue weighted by molar-refractivity contribution is -0.385. The van der Waals surface area contributed by atoms with Crippen molar-refractivity contribution in [1.82, 2.24) is 4.90 Å². The monoisotopic (exact) mass is 618 g/mol. The van der Waals surface area contributed by atoms with Crippen molar-refractivity contribution in [2.45, 2.75) is 24.9 Å². The minimum atomic E-state index is -1.31. The van der Waals surface area contributed by atoms with Crippen LogP contribution in [0.3, 0.4) is 0 Å². The molecule has 0 saturated carbocycles. The minimum absolute atomic E-state index is 0.234. The van der Waals surface area contributed by atoms with Crippen molar-refractivity contribution in [1.29, 1.82) is 0 Å². The summed E-state index contributed by atoms with van der Waals surface area (Å²) in [5.74, 6) is -2.78. The molecule has 1 aliphatic heterocycles. The van der Waals surface area contributed by atoms with Gasteiger partial charge in [0.2, 0.25) is 5.91 Å². The standard InChI is InChI=1S/C31H27ClN4O6S/c1-17-6-3-9-20(14-17)34-31(39)35-27(19-8-4-10-21(15-19)36(40)41)26(29(37)23-12-13-24(32)43-23)25(28(35)30(33)38)18-7-5-11-22(16-18)42-2/h3-16,25-28H,1-2H3,(H2,33,38)(H,34,39). The minimum Gasteiger partial charge on any atom is -0.497 e. The number of hydrogen-bond donors (Lipinski definition) is 2. The van der Waals surface area contributed by atoms with Crippen LogP contribution in [0.25, 0.3) is 0 Å². The number of likely N-dealkylation sites (tertiary alicyclic amines) is 1. The van der Waals surface area contributed by atoms with E-state index in [1.807, 2.05) is 13.0 Å². The highest BCUT2D eigenvalue weighted by Gasteiger charge is 2.57. The number of nitrogens with two attached hydrogens (primary N) is 1. The average Bonchev–Trinajstić information content (AvgIpc) is 3.59. The maximum Gasteiger partial charge on any atom is 0.323 e. The van der Waals surface area contributed by atoms with Crippen molar-refractivity contribution in [3.05, 3.63) is 121 Å². The number of nitro groups is 1. The van der Waals surface area contributed by atoms with E-state index in [-0.39, 0.29) is 5.69 Å². The predicted molar refractivity (Wildman–Crippen MR) is 164 cm³/mol. The van der Waals surface area contributed by atoms with Gasteiger partial charge in [0.25, 0.3) is 5.69 Å². The molecule has 10 nitrogen and oxygen atoms in total. The summed E-state index contributed by atoms with van der Waals surface area (Å²) >= 11 is 7.26. The number of ether oxygens (including phenoxy) is 1. The summed E-state index contributed by atoms with van der Waals surface area (Å²) < 4.78 is 5.81. The zero-order valence-electron chi connectivity index (χ0n) is 23.1. The molecule has 12 heteroatoms. The van der Waals surface area contributed by atoms with E-state index in [1.165, 1.54) is 30.2 Å². The Balaban J connectivity index is 1.76. The second-order valence-corrected chi connectivity index (χ2v) is 11.9. The molecule has 4 unspecified atom stereocenters. The number of nitrogens with zero attached hydrogens (tertiary/aromatic N) is 2. The molecule has 3 amide bonds. The molecule has 1 aliphatic rings. The molecule has 3 aromatic carbocycles. The Kier molecular flexibility index (Phi) is 8.47. The Hall–Kier alpha value is -4.74. The summed E-state index contributed by atoms with van der Waals surface area (Å²) in [4.78, 5) is 54.7. The van der Waals surface area contributed by atoms with Gasteiger partial charge in [-0.05, 0) is 60.0 Å². The average molecular weight is 619 g/mol. The van der Waals surface area contributed by atoms with Crippen molar-refractivity contribution in [3.8, 4) is 5.75 Å². The molecule has 1 fully saturated rings. The van der Waals surface area contributed by atoms with Crippen LogP contribution in [0.5, 0.6) is 5.75 Å². The number of methoxy groups -OCH3 is 1. The van der Waals surface area contributed by atoms with Gasteiger partial charge in [-0.2, -0.15) is 0 Å². The van der Waals surface area contributed by atoms with E-state index >= 15 is 0 Å². The summed E-state index contributed by atoms with van der Waals surface area (Å²) in [6.45, 7) is 1.86. The molecule has 2 heterocycles. The number of carbonyl (C=O) groups is 3. The summed E-state index contributed by atoms with van der Waals surface area (Å²) in [5, 5.41) is 14.6. The number of hydrogen-bond acceptors (Lipinski definition) is 7. The Bertz CT molecular complexity index is 1730. The molecule has 3 N–H and O–H groups in total. The number of anilines is 1. The SMILES string of the molecule is COc1cccc(C2C(C(=O)c3ccc(Cl)s3)C(c3cccc([N+](=O)[O-])c3)N(C(=O)Nc3cccc(C)c3)C2C(N)=O)c1. The molecular weight excluding hydrogens is 592 g/mol. The summed E-state index contributed by atoms with van der Waals surface area (Å²) in [6, 6.07) is 19.7. The number of nitrogens with one attached hydrogen (secondary N) is 1. The first-order chi connectivity index (χ1) is 20.6. The Morgan fingerprint density at radius 2 is 1.72 bits per heavy atom. The molecule has 0 aliphatic carbocycles. The highest BCUT2D eigenvalue weighted by atomic mass is 35.5. The van der Waals surface area contributed by atoms with Crippen LogP contribution in [0, 0.1) is 23.0 Å². The number of rotatable bonds is 8. The normalized spacial score (nSPS) is 19.6. The number of carbonyl (C=O) groups excluding carboxylic acids is 3. The fourth-order valence-electron chi connectivity index (χ4n) is 5.74. The smallest absolute Gasteiger partial charge is 0.323 e. The second-order valence-electron chi connectivity index (χ2n) is 10.1. The Morgan fingerprint density at radius 3 is 2.37 bits per heavy atom. The number of Topliss-reactive ketones (excluding diaryl/α,β-unsaturated/α-hetero) is 1. The van der Waals surface area contributed by atoms with Crippen LogP contribution in [0.2, 0.25) is 4.34 Å². The van der Waals surface area contributed by atoms with Gasteiger partial charge in [0, 0.05) is 23.7 Å². The molecule has 4 atom stereocenters. The Morgan fingerprint density at radius 1 is 1.00 bits per heavy atom. The molecule has 0 radical (unpaired) electrons. The molecule has 0 spiro atoms. The van der Waals surface area contributed by atoms with Gasteiger partial charge in [-0.3, -0.25) is 19.7 Å². The van der Waals surface area contributed by atoms with Crippen molar-refractivity contribution in [2.75, 3.05) is 12.4 Å². The first-order valence-electron chi connectivity index (χ1n) is 13.2. The van der Waals surface area contributed by atoms with Crippen LogP contribution in [-0.2, 0) is 4.79 Å². The van der Waals surface area contributed by atoms with Crippen molar-refractivity contribution >= 4 is 52.0 Å². The van der Waals surface area contributed by atoms with Crippen molar-refractivity contribution in [2.24, 2.45) is 11.7 Å². The molecular formula is C31H27ClN4O6S. The van der Waals surface area contributed by atoms with Gasteiger partial charge in [0.1, 0.15) is 11.8 Å². The zero-order chi connectivity index (χ0) is 30.8. The third kappa shape index (κ3) is 5.95. The van der Waals surface area contributed by atoms with E-state index in [4.69, 9.17) is 22.1 Å². The maximum absolute atomic E-state index is 14.4. The third-order valence-corrected chi connectivity index (χ3v) is 8.73. The van der Waals surface area contributed by atoms with Crippen molar-refractivity contribution in [3.63, 3.8) is 0 Å². The largest absolute Gasteiger partial charge is 0.497 e. The summed E-state index contributed by atoms with van der Waals surface area (Å²) in [5.41, 5.74) is 7.98. The van der Waals surface area contributed by atoms with Gasteiger partial charge >= 0.3 is 6.03 Å². The topological polar surface area (TPSA) is 145 Å². The highest BCUT2D eigenvalue weighted by molar-refractivity contribution is 7.18. The molecule has 43 heavy (non-hydrogen) atoms. The molecule has 5 rings (SSSR count). The van der Waals surface area contributed by atoms with Gasteiger partial charge in [-0.25, -0.2) is 4.79 Å². The highest BCUT2D eigenvalue weighted by Crippen LogP contribution is 2.52. The molecule has 220 valence electrons. The number of aryl methyl sites for hydroxylation is 1. The van der Waals surface area contributed by atoms with Crippen LogP contribution in [-0.4, -0.2) is 40.7 Å². The number of benzene rings is 3. The number of ketones is 1. The molecule has 4 aromatic rings. The number of primary amides is 1. The van der Waals surface area contributed by atoms with E-state index in [1.54, 1.807) is 60.7 Å². The van der Waals surface area contributed by atoms with E-state index < -0.39 is 46.6 Å². The summed E-state index contributed by atoms with van der Waals surface area (Å²) in [7, 11) is 1.49. The lowest BCUT2D eigenvalue weighted by atomic mass is 9.77. The zero-order valence-corrected chi connectivity index (χ0v) is 24.7. The van der Waals surface area contributed by atoms with Crippen molar-refractivity contribution < 1.29 is 24.0 Å². The fourth-order valence-corrected chi connectivity index (χ4v) is 6.77. The van der Waals surface area contributed by atoms with Crippen LogP contribution < -0.4 is 15.8 Å². The fraction of sp³-hybridized carbons (Fsp3) is 0.194. The van der Waals surface area contributed by atoms with Gasteiger partial charge in [0.15, 0.2) is 5.78 Å². The number of halogens is 1. The van der Waals surface area contributed by atoms with Crippen LogP contribution in [0.4, 0.5) is 16.2 Å². The van der Waals surface area contributed by atoms with E-state index in [0.29, 0.717) is 31.8 Å². The van der Waals surface area contributed by atoms with Gasteiger partial charge in [-0.1, -0.05) is 48.0 Å². The third-order valence-electron chi connectivity index (χ3n) is 7.48. The van der Waals surface area contributed by atoms with Crippen LogP contribution >= 0.6 is 22.9 Å². The lowest BCUT2D eigenvalue weighted by Crippen LogP contribution is -2.48. The molecule has 0 bridgehead atoms. The van der Waals surface area contributed by atoms with Crippen LogP contribution in [0.1, 0.15) is 38.3 Å². The number of urea groups is 1. The van der Waals surface area contributed by atoms with Gasteiger partial charge < -0.3 is 20.7 Å². The predicted octanol–water partition coefficient (Wildman–Crippen LogP) is 6.35. The van der Waals surface area contributed by atoms with Gasteiger partial charge in [-0.15, -0.1) is 11.3 Å². The van der Waals surface area contributed by atoms with Crippen LogP contribution in [0.15, 0.2) is 84.9 Å². The Labute approximate surface area is 256 Å². The van der Waals surface area contributed by atoms with E-state index in [9.17, 15) is 24.5 Å². The van der Waals surface area contributed by atoms with E-state index in [2.05, 4.69) is 5.32 Å². The molecule has 1 aromatic heterocycles. The second kappa shape index (κ2) is 12.2. The number of non-ortho nitro benzene ring substituents is 1. The quantitative estimate of drug-likeness (QED) is 0.134. The first kappa shape index (κ1) is 29.7. The van der Waals surface area contributed by atoms with E-state index in [0.717, 1.165) is 16.9 Å². The van der Waals surface area contributed by atoms with Gasteiger partial charge in [0.05, 0.1) is 33.2 Å². The maximum atomic E-state index is 14.4. The summed E-state index contributed by atoms with van der Waals surface area (Å²) in [6.07, 6.45) is 0. The lowest BCUT2D eigenvalue weighted by Gasteiger charge is -2.30. The first-order valence-corrected chi connectivity index (χ1v) is 14.4.